The molecule has 2 aromatic rings. The van der Waals surface area contributed by atoms with E-state index in [1.165, 1.54) is 16.9 Å². The van der Waals surface area contributed by atoms with Crippen molar-refractivity contribution >= 4 is 5.78 Å². The van der Waals surface area contributed by atoms with Gasteiger partial charge in [0.15, 0.2) is 0 Å². The first-order valence-corrected chi connectivity index (χ1v) is 6.05. The Labute approximate surface area is 103 Å². The highest BCUT2D eigenvalue weighted by Gasteiger charge is 2.18. The lowest BCUT2D eigenvalue weighted by molar-refractivity contribution is 0.0662. The number of rotatable bonds is 2. The Morgan fingerprint density at radius 3 is 3.28 bits per heavy atom. The molecule has 1 saturated heterocycles. The molecule has 1 aliphatic rings. The average Bonchev–Trinajstić information content (AvgIpc) is 2.77. The third-order valence-corrected chi connectivity index (χ3v) is 3.19. The Morgan fingerprint density at radius 1 is 1.56 bits per heavy atom. The van der Waals surface area contributed by atoms with Crippen LogP contribution in [0.5, 0.6) is 0 Å². The summed E-state index contributed by atoms with van der Waals surface area (Å²) in [6.45, 7) is 2.15. The van der Waals surface area contributed by atoms with Gasteiger partial charge in [0.1, 0.15) is 6.33 Å². The van der Waals surface area contributed by atoms with E-state index in [2.05, 4.69) is 20.0 Å². The van der Waals surface area contributed by atoms with Crippen LogP contribution in [0, 0.1) is 0 Å². The maximum Gasteiger partial charge on any atom is 0.274 e. The fraction of sp³-hybridized carbons (Fsp3) is 0.545. The molecule has 1 aliphatic heterocycles. The van der Waals surface area contributed by atoms with E-state index in [4.69, 9.17) is 0 Å². The van der Waals surface area contributed by atoms with Crippen LogP contribution in [0.2, 0.25) is 0 Å². The maximum absolute atomic E-state index is 11.8. The summed E-state index contributed by atoms with van der Waals surface area (Å²) >= 11 is 0. The van der Waals surface area contributed by atoms with Gasteiger partial charge >= 0.3 is 0 Å². The topological polar surface area (TPSA) is 86.5 Å². The fourth-order valence-electron chi connectivity index (χ4n) is 2.35. The van der Waals surface area contributed by atoms with E-state index in [9.17, 15) is 9.90 Å². The Bertz CT molecular complexity index is 605. The smallest absolute Gasteiger partial charge is 0.274 e. The summed E-state index contributed by atoms with van der Waals surface area (Å²) in [5.41, 5.74) is 0.534. The van der Waals surface area contributed by atoms with E-state index in [1.807, 2.05) is 0 Å². The normalized spacial score (nSPS) is 21.5. The van der Waals surface area contributed by atoms with Gasteiger partial charge in [0, 0.05) is 19.2 Å². The fourth-order valence-corrected chi connectivity index (χ4v) is 2.35. The van der Waals surface area contributed by atoms with Gasteiger partial charge in [-0.15, -0.1) is 0 Å². The van der Waals surface area contributed by atoms with Gasteiger partial charge in [-0.2, -0.15) is 4.52 Å². The molecule has 96 valence electrons. The number of hydrogen-bond acceptors (Lipinski definition) is 5. The third kappa shape index (κ3) is 2.14. The summed E-state index contributed by atoms with van der Waals surface area (Å²) in [7, 11) is 0. The lowest BCUT2D eigenvalue weighted by Gasteiger charge is -2.29. The van der Waals surface area contributed by atoms with Gasteiger partial charge in [-0.1, -0.05) is 0 Å². The number of aromatic nitrogens is 4. The van der Waals surface area contributed by atoms with Crippen molar-refractivity contribution in [1.29, 1.82) is 0 Å². The number of nitrogens with zero attached hydrogens (tertiary/aromatic N) is 4. The van der Waals surface area contributed by atoms with Gasteiger partial charge in [0.05, 0.1) is 11.8 Å². The van der Waals surface area contributed by atoms with Crippen LogP contribution >= 0.6 is 0 Å². The minimum atomic E-state index is -0.269. The molecule has 7 nitrogen and oxygen atoms in total. The van der Waals surface area contributed by atoms with Gasteiger partial charge in [0.25, 0.3) is 11.3 Å². The molecule has 0 aliphatic carbocycles. The number of aromatic amines is 1. The molecule has 0 saturated carbocycles. The van der Waals surface area contributed by atoms with Crippen LogP contribution in [0.15, 0.2) is 17.2 Å². The van der Waals surface area contributed by atoms with Crippen molar-refractivity contribution in [3.8, 4) is 0 Å². The predicted octanol–water partition coefficient (Wildman–Crippen LogP) is -0.626. The number of fused-ring (bicyclic) bond motifs is 1. The molecular formula is C11H15N5O2. The molecule has 1 atom stereocenters. The van der Waals surface area contributed by atoms with Crippen LogP contribution in [0.25, 0.3) is 5.78 Å². The predicted molar refractivity (Wildman–Crippen MR) is 64.1 cm³/mol. The Morgan fingerprint density at radius 2 is 2.44 bits per heavy atom. The van der Waals surface area contributed by atoms with E-state index in [0.717, 1.165) is 19.4 Å². The van der Waals surface area contributed by atoms with Crippen LogP contribution in [0.1, 0.15) is 18.5 Å². The van der Waals surface area contributed by atoms with Gasteiger partial charge in [-0.05, 0) is 19.4 Å². The molecule has 0 bridgehead atoms. The number of nitrogens with one attached hydrogen (secondary N) is 1. The molecule has 0 radical (unpaired) electrons. The highest BCUT2D eigenvalue weighted by molar-refractivity contribution is 5.25. The Kier molecular flexibility index (Phi) is 2.85. The monoisotopic (exact) mass is 249 g/mol. The van der Waals surface area contributed by atoms with E-state index in [1.54, 1.807) is 0 Å². The molecule has 2 N–H and O–H groups in total. The quantitative estimate of drug-likeness (QED) is 0.740. The number of hydrogen-bond donors (Lipinski definition) is 2. The molecule has 0 spiro atoms. The van der Waals surface area contributed by atoms with Crippen molar-refractivity contribution in [2.45, 2.75) is 25.5 Å². The largest absolute Gasteiger partial charge is 0.392 e. The Balaban J connectivity index is 1.83. The highest BCUT2D eigenvalue weighted by atomic mass is 16.3. The van der Waals surface area contributed by atoms with Gasteiger partial charge < -0.3 is 5.11 Å². The van der Waals surface area contributed by atoms with Crippen LogP contribution in [-0.4, -0.2) is 48.8 Å². The number of β-amino-alcohol motifs (C(OH)–C–C–N with tert-alkyl or cyclic N) is 1. The number of H-pyrrole nitrogens is 1. The second-order valence-corrected chi connectivity index (χ2v) is 4.64. The van der Waals surface area contributed by atoms with Crippen LogP contribution in [-0.2, 0) is 6.54 Å². The van der Waals surface area contributed by atoms with E-state index < -0.39 is 0 Å². The first-order chi connectivity index (χ1) is 8.72. The zero-order chi connectivity index (χ0) is 12.5. The lowest BCUT2D eigenvalue weighted by atomic mass is 10.1. The standard InChI is InChI=1S/C11H15N5O2/c17-9-2-1-3-15(6-9)5-8-4-10(18)16-11(14-8)12-7-13-16/h4,7,9,17H,1-3,5-6H2,(H,12,13,14)/t9-/m0/s1. The van der Waals surface area contributed by atoms with E-state index >= 15 is 0 Å². The summed E-state index contributed by atoms with van der Waals surface area (Å²) in [6, 6.07) is 1.51. The molecule has 3 rings (SSSR count). The van der Waals surface area contributed by atoms with Crippen molar-refractivity contribution in [3.05, 3.63) is 28.4 Å². The lowest BCUT2D eigenvalue weighted by Crippen LogP contribution is -2.38. The molecule has 1 fully saturated rings. The average molecular weight is 249 g/mol. The molecule has 0 amide bonds. The van der Waals surface area contributed by atoms with Crippen molar-refractivity contribution in [2.75, 3.05) is 13.1 Å². The number of likely N-dealkylation sites (tertiary alicyclic amines) is 1. The van der Waals surface area contributed by atoms with Crippen molar-refractivity contribution in [1.82, 2.24) is 24.5 Å². The first kappa shape index (κ1) is 11.4. The van der Waals surface area contributed by atoms with Crippen LogP contribution in [0.3, 0.4) is 0 Å². The molecule has 0 unspecified atom stereocenters. The highest BCUT2D eigenvalue weighted by Crippen LogP contribution is 2.12. The zero-order valence-corrected chi connectivity index (χ0v) is 9.91. The SMILES string of the molecule is O=c1cc(CN2CCC[C@H](O)C2)nc2nc[nH]n12. The van der Waals surface area contributed by atoms with Gasteiger partial charge in [-0.25, -0.2) is 9.97 Å². The molecule has 18 heavy (non-hydrogen) atoms. The molecular weight excluding hydrogens is 234 g/mol. The minimum absolute atomic E-state index is 0.162. The molecule has 7 heteroatoms. The minimum Gasteiger partial charge on any atom is -0.392 e. The molecule has 3 heterocycles. The van der Waals surface area contributed by atoms with Crippen LogP contribution in [0.4, 0.5) is 0 Å². The maximum atomic E-state index is 11.8. The Hall–Kier alpha value is -1.73. The molecule has 0 aromatic carbocycles. The van der Waals surface area contributed by atoms with Crippen molar-refractivity contribution in [2.24, 2.45) is 0 Å². The zero-order valence-electron chi connectivity index (χ0n) is 9.91. The number of aliphatic hydroxyl groups is 1. The molecule has 2 aromatic heterocycles. The van der Waals surface area contributed by atoms with E-state index in [0.29, 0.717) is 24.6 Å². The first-order valence-electron chi connectivity index (χ1n) is 6.05. The number of aliphatic hydroxyl groups excluding tert-OH is 1. The summed E-state index contributed by atoms with van der Waals surface area (Å²) < 4.78 is 1.30. The second-order valence-electron chi connectivity index (χ2n) is 4.64. The summed E-state index contributed by atoms with van der Waals surface area (Å²) in [5.74, 6) is 0.384. The van der Waals surface area contributed by atoms with Gasteiger partial charge in [0.2, 0.25) is 0 Å². The van der Waals surface area contributed by atoms with Crippen LogP contribution < -0.4 is 5.56 Å². The number of piperidine rings is 1. The summed E-state index contributed by atoms with van der Waals surface area (Å²) in [6.07, 6.45) is 3.00. The van der Waals surface area contributed by atoms with Gasteiger partial charge in [-0.3, -0.25) is 14.8 Å². The summed E-state index contributed by atoms with van der Waals surface area (Å²) in [4.78, 5) is 22.1. The van der Waals surface area contributed by atoms with Crippen molar-refractivity contribution < 1.29 is 5.11 Å². The third-order valence-electron chi connectivity index (χ3n) is 3.19. The van der Waals surface area contributed by atoms with Crippen molar-refractivity contribution in [3.63, 3.8) is 0 Å². The second kappa shape index (κ2) is 4.51. The van der Waals surface area contributed by atoms with E-state index in [-0.39, 0.29) is 11.7 Å². The summed E-state index contributed by atoms with van der Waals surface area (Å²) in [5, 5.41) is 12.3.